The average molecular weight is 385 g/mol. The largest absolute Gasteiger partial charge is 0.486 e. The molecule has 3 aromatic rings. The van der Waals surface area contributed by atoms with E-state index in [9.17, 15) is 9.59 Å². The Balaban J connectivity index is 1.70. The van der Waals surface area contributed by atoms with Crippen LogP contribution in [0.1, 0.15) is 16.1 Å². The van der Waals surface area contributed by atoms with Crippen molar-refractivity contribution >= 4 is 34.4 Å². The standard InChI is InChI=1S/C20H17ClN2O4/c1-23(11-19(24)25)20(26)14-7-9-18(16(21)10-14)27-12-15-8-6-13-4-2-3-5-17(13)22-15/h2-10H,11-12H2,1H3,(H,24,25). The molecule has 2 aromatic carbocycles. The second kappa shape index (κ2) is 8.05. The maximum Gasteiger partial charge on any atom is 0.323 e. The van der Waals surface area contributed by atoms with Gasteiger partial charge in [0.15, 0.2) is 0 Å². The number of carboxylic acids is 1. The summed E-state index contributed by atoms with van der Waals surface area (Å²) in [6, 6.07) is 16.3. The zero-order valence-corrected chi connectivity index (χ0v) is 15.3. The van der Waals surface area contributed by atoms with E-state index in [1.807, 2.05) is 36.4 Å². The number of rotatable bonds is 6. The van der Waals surface area contributed by atoms with Crippen molar-refractivity contribution < 1.29 is 19.4 Å². The van der Waals surface area contributed by atoms with Crippen molar-refractivity contribution in [3.05, 3.63) is 70.9 Å². The van der Waals surface area contributed by atoms with Gasteiger partial charge in [0.2, 0.25) is 0 Å². The number of hydrogen-bond acceptors (Lipinski definition) is 4. The molecule has 1 aromatic heterocycles. The fourth-order valence-corrected chi connectivity index (χ4v) is 2.82. The highest BCUT2D eigenvalue weighted by Crippen LogP contribution is 2.27. The monoisotopic (exact) mass is 384 g/mol. The van der Waals surface area contributed by atoms with E-state index < -0.39 is 11.9 Å². The molecule has 27 heavy (non-hydrogen) atoms. The minimum atomic E-state index is -1.08. The Hall–Kier alpha value is -3.12. The number of carbonyl (C=O) groups is 2. The van der Waals surface area contributed by atoms with Crippen LogP contribution in [0.4, 0.5) is 0 Å². The number of pyridine rings is 1. The number of benzene rings is 2. The van der Waals surface area contributed by atoms with Crippen molar-refractivity contribution in [2.75, 3.05) is 13.6 Å². The predicted octanol–water partition coefficient (Wildman–Crippen LogP) is 3.62. The molecule has 0 spiro atoms. The number of likely N-dealkylation sites (N-methyl/N-ethyl adjacent to an activating group) is 1. The van der Waals surface area contributed by atoms with E-state index in [1.165, 1.54) is 13.1 Å². The fourth-order valence-electron chi connectivity index (χ4n) is 2.59. The Morgan fingerprint density at radius 2 is 1.93 bits per heavy atom. The molecule has 1 N–H and O–H groups in total. The molecular formula is C20H17ClN2O4. The summed E-state index contributed by atoms with van der Waals surface area (Å²) in [5.41, 5.74) is 1.93. The summed E-state index contributed by atoms with van der Waals surface area (Å²) >= 11 is 6.21. The number of carboxylic acid groups (broad SMARTS) is 1. The van der Waals surface area contributed by atoms with Crippen molar-refractivity contribution in [2.24, 2.45) is 0 Å². The van der Waals surface area contributed by atoms with Crippen LogP contribution < -0.4 is 4.74 Å². The summed E-state index contributed by atoms with van der Waals surface area (Å²) in [5, 5.41) is 10.1. The molecule has 7 heteroatoms. The second-order valence-corrected chi connectivity index (χ2v) is 6.39. The maximum absolute atomic E-state index is 12.2. The molecule has 0 fully saturated rings. The third-order valence-corrected chi connectivity index (χ3v) is 4.22. The van der Waals surface area contributed by atoms with Crippen LogP contribution in [0.15, 0.2) is 54.6 Å². The number of ether oxygens (including phenoxy) is 1. The Morgan fingerprint density at radius 3 is 2.67 bits per heavy atom. The van der Waals surface area contributed by atoms with Crippen molar-refractivity contribution in [3.8, 4) is 5.75 Å². The van der Waals surface area contributed by atoms with E-state index in [0.29, 0.717) is 11.3 Å². The van der Waals surface area contributed by atoms with Crippen LogP contribution in [-0.4, -0.2) is 40.5 Å². The summed E-state index contributed by atoms with van der Waals surface area (Å²) in [7, 11) is 1.42. The number of aromatic nitrogens is 1. The fraction of sp³-hybridized carbons (Fsp3) is 0.150. The van der Waals surface area contributed by atoms with Gasteiger partial charge in [-0.25, -0.2) is 4.98 Å². The lowest BCUT2D eigenvalue weighted by Gasteiger charge is -2.15. The highest BCUT2D eigenvalue weighted by atomic mass is 35.5. The molecule has 0 bridgehead atoms. The van der Waals surface area contributed by atoms with Gasteiger partial charge in [0.1, 0.15) is 18.9 Å². The van der Waals surface area contributed by atoms with Crippen LogP contribution in [0.3, 0.4) is 0 Å². The van der Waals surface area contributed by atoms with Crippen LogP contribution in [0.5, 0.6) is 5.75 Å². The van der Waals surface area contributed by atoms with Crippen LogP contribution in [0.2, 0.25) is 5.02 Å². The van der Waals surface area contributed by atoms with E-state index in [4.69, 9.17) is 21.4 Å². The van der Waals surface area contributed by atoms with Gasteiger partial charge in [-0.15, -0.1) is 0 Å². The second-order valence-electron chi connectivity index (χ2n) is 5.98. The first-order valence-electron chi connectivity index (χ1n) is 8.18. The predicted molar refractivity (Wildman–Crippen MR) is 102 cm³/mol. The van der Waals surface area contributed by atoms with Gasteiger partial charge in [-0.3, -0.25) is 9.59 Å². The number of carbonyl (C=O) groups excluding carboxylic acids is 1. The number of halogens is 1. The van der Waals surface area contributed by atoms with Gasteiger partial charge in [0.25, 0.3) is 5.91 Å². The number of nitrogens with zero attached hydrogens (tertiary/aromatic N) is 2. The van der Waals surface area contributed by atoms with E-state index in [0.717, 1.165) is 21.5 Å². The van der Waals surface area contributed by atoms with Crippen molar-refractivity contribution in [3.63, 3.8) is 0 Å². The lowest BCUT2D eigenvalue weighted by molar-refractivity contribution is -0.137. The van der Waals surface area contributed by atoms with E-state index in [-0.39, 0.29) is 18.2 Å². The highest BCUT2D eigenvalue weighted by molar-refractivity contribution is 6.32. The molecule has 138 valence electrons. The molecule has 0 saturated carbocycles. The smallest absolute Gasteiger partial charge is 0.323 e. The molecule has 0 aliphatic carbocycles. The zero-order valence-electron chi connectivity index (χ0n) is 14.6. The summed E-state index contributed by atoms with van der Waals surface area (Å²) in [6.45, 7) is -0.154. The molecule has 0 aliphatic heterocycles. The molecule has 1 amide bonds. The molecule has 6 nitrogen and oxygen atoms in total. The lowest BCUT2D eigenvalue weighted by Crippen LogP contribution is -2.31. The van der Waals surface area contributed by atoms with E-state index in [2.05, 4.69) is 4.98 Å². The maximum atomic E-state index is 12.2. The number of para-hydroxylation sites is 1. The lowest BCUT2D eigenvalue weighted by atomic mass is 10.2. The summed E-state index contributed by atoms with van der Waals surface area (Å²) in [6.07, 6.45) is 0. The van der Waals surface area contributed by atoms with Crippen LogP contribution in [-0.2, 0) is 11.4 Å². The van der Waals surface area contributed by atoms with Crippen LogP contribution in [0, 0.1) is 0 Å². The molecule has 0 aliphatic rings. The van der Waals surface area contributed by atoms with Gasteiger partial charge in [-0.05, 0) is 30.3 Å². The van der Waals surface area contributed by atoms with E-state index in [1.54, 1.807) is 12.1 Å². The van der Waals surface area contributed by atoms with Gasteiger partial charge < -0.3 is 14.7 Å². The molecule has 1 heterocycles. The quantitative estimate of drug-likeness (QED) is 0.702. The topological polar surface area (TPSA) is 79.7 Å². The van der Waals surface area contributed by atoms with Crippen LogP contribution >= 0.6 is 11.6 Å². The normalized spacial score (nSPS) is 10.6. The van der Waals surface area contributed by atoms with Crippen molar-refractivity contribution in [1.82, 2.24) is 9.88 Å². The molecular weight excluding hydrogens is 368 g/mol. The van der Waals surface area contributed by atoms with Gasteiger partial charge in [0.05, 0.1) is 16.2 Å². The first-order valence-corrected chi connectivity index (χ1v) is 8.56. The van der Waals surface area contributed by atoms with Gasteiger partial charge in [-0.1, -0.05) is 35.9 Å². The van der Waals surface area contributed by atoms with Crippen molar-refractivity contribution in [1.29, 1.82) is 0 Å². The Morgan fingerprint density at radius 1 is 1.15 bits per heavy atom. The Kier molecular flexibility index (Phi) is 5.57. The third kappa shape index (κ3) is 4.54. The minimum Gasteiger partial charge on any atom is -0.486 e. The number of aliphatic carboxylic acids is 1. The number of amides is 1. The summed E-state index contributed by atoms with van der Waals surface area (Å²) < 4.78 is 5.72. The molecule has 3 rings (SSSR count). The Bertz CT molecular complexity index is 1010. The summed E-state index contributed by atoms with van der Waals surface area (Å²) in [5.74, 6) is -1.09. The number of hydrogen-bond donors (Lipinski definition) is 1. The highest BCUT2D eigenvalue weighted by Gasteiger charge is 2.16. The van der Waals surface area contributed by atoms with Crippen LogP contribution in [0.25, 0.3) is 10.9 Å². The van der Waals surface area contributed by atoms with Crippen molar-refractivity contribution in [2.45, 2.75) is 6.61 Å². The third-order valence-electron chi connectivity index (χ3n) is 3.93. The molecule has 0 saturated heterocycles. The van der Waals surface area contributed by atoms with Gasteiger partial charge >= 0.3 is 5.97 Å². The first-order chi connectivity index (χ1) is 12.9. The average Bonchev–Trinajstić information content (AvgIpc) is 2.65. The first kappa shape index (κ1) is 18.7. The SMILES string of the molecule is CN(CC(=O)O)C(=O)c1ccc(OCc2ccc3ccccc3n2)c(Cl)c1. The number of fused-ring (bicyclic) bond motifs is 1. The van der Waals surface area contributed by atoms with Gasteiger partial charge in [0, 0.05) is 18.0 Å². The zero-order chi connectivity index (χ0) is 19.4. The molecule has 0 unspecified atom stereocenters. The molecule has 0 atom stereocenters. The Labute approximate surface area is 161 Å². The van der Waals surface area contributed by atoms with Gasteiger partial charge in [-0.2, -0.15) is 0 Å². The summed E-state index contributed by atoms with van der Waals surface area (Å²) in [4.78, 5) is 28.6. The van der Waals surface area contributed by atoms with E-state index >= 15 is 0 Å². The molecule has 0 radical (unpaired) electrons. The minimum absolute atomic E-state index is 0.233.